The van der Waals surface area contributed by atoms with E-state index in [4.69, 9.17) is 0 Å². The number of hydrogen-bond donors (Lipinski definition) is 1. The average Bonchev–Trinajstić information content (AvgIpc) is 3.19. The van der Waals surface area contributed by atoms with E-state index in [0.717, 1.165) is 21.0 Å². The molecule has 0 aliphatic carbocycles. The minimum absolute atomic E-state index is 0.128. The fourth-order valence-electron chi connectivity index (χ4n) is 2.52. The van der Waals surface area contributed by atoms with E-state index in [1.807, 2.05) is 6.07 Å². The standard InChI is InChI=1S/C18H20BrN5OS2/c1-10(2)24-17(14-8-26-12(4)11(14)3)22-23-18(24)27-9-16(25)21-15-6-5-13(19)7-20-15/h5-8,10H,9H2,1-4H3,(H,20,21,25). The Labute approximate surface area is 174 Å². The second-order valence-corrected chi connectivity index (χ2v) is 9.24. The van der Waals surface area contributed by atoms with Gasteiger partial charge in [-0.15, -0.1) is 21.5 Å². The number of nitrogens with one attached hydrogen (secondary N) is 1. The van der Waals surface area contributed by atoms with Crippen molar-refractivity contribution in [3.05, 3.63) is 38.6 Å². The second kappa shape index (κ2) is 8.53. The smallest absolute Gasteiger partial charge is 0.236 e. The Kier molecular flexibility index (Phi) is 6.33. The number of anilines is 1. The number of thioether (sulfide) groups is 1. The number of pyridine rings is 1. The monoisotopic (exact) mass is 465 g/mol. The fraction of sp³-hybridized carbons (Fsp3) is 0.333. The molecule has 1 amide bonds. The predicted octanol–water partition coefficient (Wildman–Crippen LogP) is 5.09. The highest BCUT2D eigenvalue weighted by molar-refractivity contribution is 9.10. The number of carbonyl (C=O) groups excluding carboxylic acids is 1. The Morgan fingerprint density at radius 3 is 2.70 bits per heavy atom. The van der Waals surface area contributed by atoms with E-state index >= 15 is 0 Å². The zero-order valence-corrected chi connectivity index (χ0v) is 18.7. The molecule has 0 aliphatic heterocycles. The van der Waals surface area contributed by atoms with Crippen molar-refractivity contribution >= 4 is 50.8 Å². The van der Waals surface area contributed by atoms with Crippen LogP contribution >= 0.6 is 39.0 Å². The van der Waals surface area contributed by atoms with Gasteiger partial charge < -0.3 is 5.32 Å². The molecule has 0 aliphatic rings. The maximum Gasteiger partial charge on any atom is 0.236 e. The molecule has 9 heteroatoms. The van der Waals surface area contributed by atoms with Gasteiger partial charge in [-0.2, -0.15) is 0 Å². The van der Waals surface area contributed by atoms with Crippen molar-refractivity contribution in [3.8, 4) is 11.4 Å². The lowest BCUT2D eigenvalue weighted by Gasteiger charge is -2.13. The Hall–Kier alpha value is -1.71. The quantitative estimate of drug-likeness (QED) is 0.513. The summed E-state index contributed by atoms with van der Waals surface area (Å²) in [6.07, 6.45) is 1.65. The van der Waals surface area contributed by atoms with Gasteiger partial charge in [0, 0.05) is 32.5 Å². The maximum absolute atomic E-state index is 12.2. The van der Waals surface area contributed by atoms with Gasteiger partial charge in [-0.3, -0.25) is 9.36 Å². The number of hydrogen-bond acceptors (Lipinski definition) is 6. The van der Waals surface area contributed by atoms with E-state index in [9.17, 15) is 4.79 Å². The molecule has 3 heterocycles. The van der Waals surface area contributed by atoms with Crippen molar-refractivity contribution in [3.63, 3.8) is 0 Å². The lowest BCUT2D eigenvalue weighted by molar-refractivity contribution is -0.113. The van der Waals surface area contributed by atoms with E-state index in [1.165, 1.54) is 22.2 Å². The van der Waals surface area contributed by atoms with Gasteiger partial charge in [0.05, 0.1) is 5.75 Å². The zero-order valence-electron chi connectivity index (χ0n) is 15.5. The molecule has 6 nitrogen and oxygen atoms in total. The Bertz CT molecular complexity index is 949. The molecule has 1 N–H and O–H groups in total. The molecule has 0 saturated heterocycles. The van der Waals surface area contributed by atoms with Crippen LogP contribution in [0.1, 0.15) is 30.3 Å². The lowest BCUT2D eigenvalue weighted by Crippen LogP contribution is -2.15. The zero-order chi connectivity index (χ0) is 19.6. The number of aromatic nitrogens is 4. The molecule has 0 bridgehead atoms. The molecular weight excluding hydrogens is 446 g/mol. The topological polar surface area (TPSA) is 72.7 Å². The van der Waals surface area contributed by atoms with Crippen molar-refractivity contribution in [1.82, 2.24) is 19.7 Å². The lowest BCUT2D eigenvalue weighted by atomic mass is 10.1. The molecule has 0 aromatic carbocycles. The summed E-state index contributed by atoms with van der Waals surface area (Å²) in [5.74, 6) is 1.49. The summed E-state index contributed by atoms with van der Waals surface area (Å²) in [6.45, 7) is 8.40. The van der Waals surface area contributed by atoms with Crippen LogP contribution in [0.5, 0.6) is 0 Å². The van der Waals surface area contributed by atoms with Crippen LogP contribution in [0.25, 0.3) is 11.4 Å². The highest BCUT2D eigenvalue weighted by Crippen LogP contribution is 2.33. The highest BCUT2D eigenvalue weighted by Gasteiger charge is 2.20. The van der Waals surface area contributed by atoms with E-state index in [0.29, 0.717) is 5.82 Å². The molecule has 0 spiro atoms. The van der Waals surface area contributed by atoms with Crippen LogP contribution in [0.2, 0.25) is 0 Å². The summed E-state index contributed by atoms with van der Waals surface area (Å²) in [6, 6.07) is 3.78. The van der Waals surface area contributed by atoms with Crippen LogP contribution in [-0.4, -0.2) is 31.4 Å². The minimum atomic E-state index is -0.128. The van der Waals surface area contributed by atoms with Crippen molar-refractivity contribution in [2.45, 2.75) is 38.9 Å². The second-order valence-electron chi connectivity index (χ2n) is 6.30. The van der Waals surface area contributed by atoms with Crippen LogP contribution in [0.3, 0.4) is 0 Å². The molecule has 0 fully saturated rings. The molecule has 3 aromatic heterocycles. The van der Waals surface area contributed by atoms with Crippen LogP contribution in [-0.2, 0) is 4.79 Å². The first-order valence-electron chi connectivity index (χ1n) is 8.41. The normalized spacial score (nSPS) is 11.2. The number of amides is 1. The number of aryl methyl sites for hydroxylation is 1. The van der Waals surface area contributed by atoms with Gasteiger partial charge in [-0.25, -0.2) is 4.98 Å². The summed E-state index contributed by atoms with van der Waals surface area (Å²) in [7, 11) is 0. The number of carbonyl (C=O) groups is 1. The van der Waals surface area contributed by atoms with Crippen molar-refractivity contribution in [1.29, 1.82) is 0 Å². The molecule has 0 saturated carbocycles. The van der Waals surface area contributed by atoms with Crippen LogP contribution in [0, 0.1) is 13.8 Å². The Morgan fingerprint density at radius 2 is 2.11 bits per heavy atom. The van der Waals surface area contributed by atoms with Crippen LogP contribution in [0.15, 0.2) is 33.3 Å². The fourth-order valence-corrected chi connectivity index (χ4v) is 4.48. The summed E-state index contributed by atoms with van der Waals surface area (Å²) in [5.41, 5.74) is 2.33. The van der Waals surface area contributed by atoms with E-state index in [1.54, 1.807) is 23.6 Å². The third-order valence-corrected chi connectivity index (χ3v) is 6.46. The first-order valence-corrected chi connectivity index (χ1v) is 11.1. The Morgan fingerprint density at radius 1 is 1.33 bits per heavy atom. The van der Waals surface area contributed by atoms with Gasteiger partial charge in [0.25, 0.3) is 0 Å². The third-order valence-electron chi connectivity index (χ3n) is 4.03. The average molecular weight is 466 g/mol. The van der Waals surface area contributed by atoms with E-state index in [2.05, 4.69) is 74.1 Å². The Balaban J connectivity index is 1.74. The predicted molar refractivity (Wildman–Crippen MR) is 114 cm³/mol. The number of halogens is 1. The molecule has 27 heavy (non-hydrogen) atoms. The van der Waals surface area contributed by atoms with E-state index < -0.39 is 0 Å². The summed E-state index contributed by atoms with van der Waals surface area (Å²) >= 11 is 6.42. The SMILES string of the molecule is Cc1scc(-c2nnc(SCC(=O)Nc3ccc(Br)cn3)n2C(C)C)c1C. The van der Waals surface area contributed by atoms with Crippen molar-refractivity contribution in [2.75, 3.05) is 11.1 Å². The molecule has 3 rings (SSSR count). The number of rotatable bonds is 6. The van der Waals surface area contributed by atoms with Gasteiger partial charge in [-0.1, -0.05) is 11.8 Å². The molecule has 3 aromatic rings. The molecule has 142 valence electrons. The number of nitrogens with zero attached hydrogens (tertiary/aromatic N) is 4. The highest BCUT2D eigenvalue weighted by atomic mass is 79.9. The van der Waals surface area contributed by atoms with Crippen molar-refractivity contribution < 1.29 is 4.79 Å². The minimum Gasteiger partial charge on any atom is -0.310 e. The molecule has 0 atom stereocenters. The van der Waals surface area contributed by atoms with Crippen molar-refractivity contribution in [2.24, 2.45) is 0 Å². The van der Waals surface area contributed by atoms with Gasteiger partial charge >= 0.3 is 0 Å². The maximum atomic E-state index is 12.2. The van der Waals surface area contributed by atoms with Gasteiger partial charge in [0.1, 0.15) is 5.82 Å². The van der Waals surface area contributed by atoms with Gasteiger partial charge in [0.2, 0.25) is 5.91 Å². The third kappa shape index (κ3) is 4.59. The van der Waals surface area contributed by atoms with Crippen LogP contribution < -0.4 is 5.32 Å². The summed E-state index contributed by atoms with van der Waals surface area (Å²) < 4.78 is 2.95. The van der Waals surface area contributed by atoms with Crippen LogP contribution in [0.4, 0.5) is 5.82 Å². The summed E-state index contributed by atoms with van der Waals surface area (Å²) in [5, 5.41) is 14.4. The number of thiophene rings is 1. The first-order chi connectivity index (χ1) is 12.9. The summed E-state index contributed by atoms with van der Waals surface area (Å²) in [4.78, 5) is 17.7. The molecule has 0 unspecified atom stereocenters. The molecular formula is C18H20BrN5OS2. The molecule has 0 radical (unpaired) electrons. The largest absolute Gasteiger partial charge is 0.310 e. The van der Waals surface area contributed by atoms with Gasteiger partial charge in [-0.05, 0) is 61.3 Å². The first kappa shape index (κ1) is 20.0. The van der Waals surface area contributed by atoms with Gasteiger partial charge in [0.15, 0.2) is 11.0 Å². The van der Waals surface area contributed by atoms with E-state index in [-0.39, 0.29) is 17.7 Å².